The molecule has 2 aliphatic rings. The molecule has 0 bridgehead atoms. The zero-order chi connectivity index (χ0) is 24.4. The van der Waals surface area contributed by atoms with Crippen LogP contribution in [0, 0.1) is 11.7 Å². The molecule has 1 N–H and O–H groups in total. The minimum absolute atomic E-state index is 0.0431. The number of aliphatic hydroxyl groups is 1. The van der Waals surface area contributed by atoms with Crippen LogP contribution < -0.4 is 0 Å². The Bertz CT molecular complexity index is 1190. The molecule has 3 unspecified atom stereocenters. The van der Waals surface area contributed by atoms with Crippen LogP contribution in [0.15, 0.2) is 66.7 Å². The third-order valence-corrected chi connectivity index (χ3v) is 7.76. The van der Waals surface area contributed by atoms with Gasteiger partial charge in [0.05, 0.1) is 11.2 Å². The lowest BCUT2D eigenvalue weighted by Gasteiger charge is -2.46. The number of carbonyl (C=O) groups is 1. The molecule has 1 aliphatic carbocycles. The van der Waals surface area contributed by atoms with E-state index < -0.39 is 17.4 Å². The van der Waals surface area contributed by atoms with Gasteiger partial charge < -0.3 is 19.6 Å². The average Bonchev–Trinajstić information content (AvgIpc) is 2.87. The number of piperazine rings is 1. The molecule has 3 aromatic rings. The summed E-state index contributed by atoms with van der Waals surface area (Å²) < 4.78 is 19.9. The Labute approximate surface area is 206 Å². The van der Waals surface area contributed by atoms with Crippen molar-refractivity contribution in [1.29, 1.82) is 0 Å². The van der Waals surface area contributed by atoms with Crippen molar-refractivity contribution in [2.24, 2.45) is 5.92 Å². The van der Waals surface area contributed by atoms with Crippen molar-refractivity contribution in [2.75, 3.05) is 39.8 Å². The van der Waals surface area contributed by atoms with Gasteiger partial charge in [-0.25, -0.2) is 9.18 Å². The zero-order valence-electron chi connectivity index (χ0n) is 20.2. The van der Waals surface area contributed by atoms with Crippen LogP contribution in [0.5, 0.6) is 0 Å². The average molecular weight is 477 g/mol. The van der Waals surface area contributed by atoms with E-state index in [1.54, 1.807) is 12.1 Å². The fraction of sp³-hybridized carbons (Fsp3) is 0.414. The third kappa shape index (κ3) is 5.10. The van der Waals surface area contributed by atoms with Crippen molar-refractivity contribution < 1.29 is 19.0 Å². The molecule has 0 aromatic heterocycles. The highest BCUT2D eigenvalue weighted by atomic mass is 19.1. The van der Waals surface area contributed by atoms with E-state index in [0.717, 1.165) is 49.1 Å². The van der Waals surface area contributed by atoms with Crippen molar-refractivity contribution in [2.45, 2.75) is 31.0 Å². The summed E-state index contributed by atoms with van der Waals surface area (Å²) in [5.41, 5.74) is -0.151. The minimum Gasteiger partial charge on any atom is -0.459 e. The lowest BCUT2D eigenvalue weighted by atomic mass is 9.70. The summed E-state index contributed by atoms with van der Waals surface area (Å²) in [7, 11) is 2.13. The van der Waals surface area contributed by atoms with Gasteiger partial charge in [-0.05, 0) is 60.8 Å². The highest BCUT2D eigenvalue weighted by Gasteiger charge is 2.45. The molecular weight excluding hydrogens is 443 g/mol. The summed E-state index contributed by atoms with van der Waals surface area (Å²) in [5.74, 6) is -1.32. The van der Waals surface area contributed by atoms with E-state index >= 15 is 0 Å². The van der Waals surface area contributed by atoms with Crippen LogP contribution in [0.2, 0.25) is 0 Å². The van der Waals surface area contributed by atoms with Gasteiger partial charge in [-0.3, -0.25) is 0 Å². The molecule has 1 aliphatic heterocycles. The molecule has 2 fully saturated rings. The Kier molecular flexibility index (Phi) is 6.87. The maximum Gasteiger partial charge on any atom is 0.341 e. The number of likely N-dealkylation sites (N-methyl/N-ethyl adjacent to an activating group) is 1. The van der Waals surface area contributed by atoms with E-state index in [1.165, 1.54) is 12.1 Å². The van der Waals surface area contributed by atoms with Crippen LogP contribution in [-0.4, -0.2) is 66.8 Å². The number of esters is 1. The summed E-state index contributed by atoms with van der Waals surface area (Å²) in [6.45, 7) is 4.60. The molecule has 1 heterocycles. The lowest BCUT2D eigenvalue weighted by molar-refractivity contribution is -0.100. The molecule has 0 radical (unpaired) electrons. The van der Waals surface area contributed by atoms with E-state index in [1.807, 2.05) is 18.2 Å². The maximum absolute atomic E-state index is 14.1. The molecule has 3 atom stereocenters. The van der Waals surface area contributed by atoms with Crippen LogP contribution in [0.4, 0.5) is 4.39 Å². The van der Waals surface area contributed by atoms with Gasteiger partial charge in [0, 0.05) is 38.6 Å². The molecule has 1 saturated carbocycles. The first-order valence-electron chi connectivity index (χ1n) is 12.5. The molecule has 0 spiro atoms. The van der Waals surface area contributed by atoms with Gasteiger partial charge in [-0.1, -0.05) is 48.5 Å². The van der Waals surface area contributed by atoms with E-state index in [4.69, 9.17) is 4.74 Å². The number of ether oxygens (including phenoxy) is 1. The van der Waals surface area contributed by atoms with E-state index in [2.05, 4.69) is 41.1 Å². The summed E-state index contributed by atoms with van der Waals surface area (Å²) in [5, 5.41) is 14.4. The first kappa shape index (κ1) is 23.9. The molecule has 35 heavy (non-hydrogen) atoms. The fourth-order valence-corrected chi connectivity index (χ4v) is 5.57. The van der Waals surface area contributed by atoms with Crippen molar-refractivity contribution >= 4 is 16.7 Å². The number of benzene rings is 3. The first-order chi connectivity index (χ1) is 16.9. The van der Waals surface area contributed by atoms with Crippen molar-refractivity contribution in [3.05, 3.63) is 83.7 Å². The summed E-state index contributed by atoms with van der Waals surface area (Å²) in [4.78, 5) is 17.4. The Morgan fingerprint density at radius 3 is 2.51 bits per heavy atom. The van der Waals surface area contributed by atoms with Crippen LogP contribution in [0.3, 0.4) is 0 Å². The second kappa shape index (κ2) is 10.1. The van der Waals surface area contributed by atoms with Gasteiger partial charge in [0.1, 0.15) is 11.9 Å². The van der Waals surface area contributed by atoms with Crippen LogP contribution >= 0.6 is 0 Å². The molecule has 3 aromatic carbocycles. The smallest absolute Gasteiger partial charge is 0.341 e. The second-order valence-electron chi connectivity index (χ2n) is 10.1. The number of rotatable bonds is 5. The summed E-state index contributed by atoms with van der Waals surface area (Å²) >= 11 is 0. The number of fused-ring (bicyclic) bond motifs is 1. The number of carbonyl (C=O) groups excluding carboxylic acids is 1. The Balaban J connectivity index is 1.39. The first-order valence-corrected chi connectivity index (χ1v) is 12.5. The summed E-state index contributed by atoms with van der Waals surface area (Å²) in [6.07, 6.45) is 1.19. The fourth-order valence-electron chi connectivity index (χ4n) is 5.57. The quantitative estimate of drug-likeness (QED) is 0.552. The molecular formula is C29H33FN2O3. The number of nitrogens with zero attached hydrogens (tertiary/aromatic N) is 2. The largest absolute Gasteiger partial charge is 0.459 e. The Hall–Kier alpha value is -2.80. The predicted octanol–water partition coefficient (Wildman–Crippen LogP) is 4.44. The van der Waals surface area contributed by atoms with Gasteiger partial charge in [-0.15, -0.1) is 0 Å². The second-order valence-corrected chi connectivity index (χ2v) is 10.1. The maximum atomic E-state index is 14.1. The van der Waals surface area contributed by atoms with Crippen LogP contribution in [-0.2, 0) is 10.3 Å². The molecule has 6 heteroatoms. The number of halogens is 1. The van der Waals surface area contributed by atoms with E-state index in [9.17, 15) is 14.3 Å². The molecule has 184 valence electrons. The SMILES string of the molecule is CN1CCN(CC2CC(OC(=O)c3ccccc3F)CCC2(O)c2ccc3ccccc3c2)CC1. The third-order valence-electron chi connectivity index (χ3n) is 7.76. The minimum atomic E-state index is -1.02. The van der Waals surface area contributed by atoms with Crippen molar-refractivity contribution in [3.63, 3.8) is 0 Å². The number of hydrogen-bond donors (Lipinski definition) is 1. The van der Waals surface area contributed by atoms with Crippen molar-refractivity contribution in [1.82, 2.24) is 9.80 Å². The highest BCUT2D eigenvalue weighted by Crippen LogP contribution is 2.44. The number of hydrogen-bond acceptors (Lipinski definition) is 5. The van der Waals surface area contributed by atoms with E-state index in [0.29, 0.717) is 19.3 Å². The predicted molar refractivity (Wildman–Crippen MR) is 135 cm³/mol. The normalized spacial score (nSPS) is 26.0. The van der Waals surface area contributed by atoms with Gasteiger partial charge in [0.25, 0.3) is 0 Å². The Morgan fingerprint density at radius 1 is 1.03 bits per heavy atom. The summed E-state index contributed by atoms with van der Waals surface area (Å²) in [6, 6.07) is 20.3. The zero-order valence-corrected chi connectivity index (χ0v) is 20.2. The topological polar surface area (TPSA) is 53.0 Å². The highest BCUT2D eigenvalue weighted by molar-refractivity contribution is 5.89. The van der Waals surface area contributed by atoms with Gasteiger partial charge in [0.2, 0.25) is 0 Å². The molecule has 0 amide bonds. The lowest BCUT2D eigenvalue weighted by Crippen LogP contribution is -2.52. The Morgan fingerprint density at radius 2 is 1.74 bits per heavy atom. The molecule has 5 rings (SSSR count). The van der Waals surface area contributed by atoms with Crippen molar-refractivity contribution in [3.8, 4) is 0 Å². The molecule has 1 saturated heterocycles. The van der Waals surface area contributed by atoms with Crippen LogP contribution in [0.1, 0.15) is 35.2 Å². The van der Waals surface area contributed by atoms with E-state index in [-0.39, 0.29) is 17.6 Å². The monoisotopic (exact) mass is 476 g/mol. The van der Waals surface area contributed by atoms with Gasteiger partial charge in [0.15, 0.2) is 0 Å². The van der Waals surface area contributed by atoms with Crippen LogP contribution in [0.25, 0.3) is 10.8 Å². The standard InChI is InChI=1S/C29H33FN2O3/c1-31-14-16-32(17-15-31)20-24-19-25(35-28(33)26-8-4-5-9-27(26)30)12-13-29(24,34)23-11-10-21-6-2-3-7-22(21)18-23/h2-11,18,24-25,34H,12-17,19-20H2,1H3. The van der Waals surface area contributed by atoms with Gasteiger partial charge in [-0.2, -0.15) is 0 Å². The molecule has 5 nitrogen and oxygen atoms in total. The van der Waals surface area contributed by atoms with Gasteiger partial charge >= 0.3 is 5.97 Å².